The third kappa shape index (κ3) is 5.34. The first-order valence-electron chi connectivity index (χ1n) is 10.2. The van der Waals surface area contributed by atoms with Gasteiger partial charge in [-0.1, -0.05) is 36.9 Å². The maximum Gasteiger partial charge on any atom is 0.354 e. The molecule has 2 N–H and O–H groups in total. The Morgan fingerprint density at radius 2 is 1.64 bits per heavy atom. The molecular formula is C26H21N3O4. The minimum absolute atomic E-state index is 0.0821. The van der Waals surface area contributed by atoms with Crippen LogP contribution in [-0.4, -0.2) is 26.8 Å². The number of hydrogen-bond acceptors (Lipinski definition) is 4. The van der Waals surface area contributed by atoms with E-state index in [0.29, 0.717) is 17.1 Å². The van der Waals surface area contributed by atoms with Crippen LogP contribution in [0.1, 0.15) is 16.1 Å². The summed E-state index contributed by atoms with van der Waals surface area (Å²) in [5.74, 6) is 0.0460. The molecule has 4 aromatic rings. The number of carbonyl (C=O) groups excluding carboxylic acids is 1. The van der Waals surface area contributed by atoms with Crippen LogP contribution in [-0.2, 0) is 11.3 Å². The maximum absolute atomic E-state index is 11.8. The third-order valence-corrected chi connectivity index (χ3v) is 4.87. The van der Waals surface area contributed by atoms with Gasteiger partial charge in [0.2, 0.25) is 5.91 Å². The summed E-state index contributed by atoms with van der Waals surface area (Å²) in [5, 5.41) is 16.8. The number of carbonyl (C=O) groups is 2. The fourth-order valence-electron chi connectivity index (χ4n) is 3.23. The number of carboxylic acids is 1. The van der Waals surface area contributed by atoms with Crippen LogP contribution in [0, 0.1) is 0 Å². The molecule has 0 bridgehead atoms. The Bertz CT molecular complexity index is 1280. The number of para-hydroxylation sites is 1. The third-order valence-electron chi connectivity index (χ3n) is 4.87. The molecule has 33 heavy (non-hydrogen) atoms. The summed E-state index contributed by atoms with van der Waals surface area (Å²) in [6.45, 7) is 3.69. The number of benzene rings is 3. The van der Waals surface area contributed by atoms with E-state index in [9.17, 15) is 14.7 Å². The number of aromatic carboxylic acids is 1. The Labute approximate surface area is 190 Å². The van der Waals surface area contributed by atoms with Crippen molar-refractivity contribution in [3.8, 4) is 22.8 Å². The second-order valence-corrected chi connectivity index (χ2v) is 7.21. The Morgan fingerprint density at radius 1 is 0.970 bits per heavy atom. The van der Waals surface area contributed by atoms with E-state index >= 15 is 0 Å². The van der Waals surface area contributed by atoms with Crippen molar-refractivity contribution in [2.24, 2.45) is 0 Å². The van der Waals surface area contributed by atoms with Gasteiger partial charge in [-0.15, -0.1) is 0 Å². The SMILES string of the molecule is C=CC(=O)Nc1ccc(Cn2nc(-c3ccc(Oc4ccccc4)cc3)cc2C(=O)O)cc1. The molecule has 164 valence electrons. The zero-order valence-corrected chi connectivity index (χ0v) is 17.6. The van der Waals surface area contributed by atoms with Crippen LogP contribution in [0.5, 0.6) is 11.5 Å². The first-order chi connectivity index (χ1) is 16.0. The van der Waals surface area contributed by atoms with Crippen LogP contribution in [0.3, 0.4) is 0 Å². The maximum atomic E-state index is 11.8. The van der Waals surface area contributed by atoms with Gasteiger partial charge in [0, 0.05) is 11.3 Å². The lowest BCUT2D eigenvalue weighted by molar-refractivity contribution is -0.111. The number of rotatable bonds is 8. The second-order valence-electron chi connectivity index (χ2n) is 7.21. The molecule has 1 heterocycles. The van der Waals surface area contributed by atoms with Gasteiger partial charge < -0.3 is 15.2 Å². The molecule has 0 aliphatic rings. The van der Waals surface area contributed by atoms with E-state index in [2.05, 4.69) is 17.0 Å². The smallest absolute Gasteiger partial charge is 0.354 e. The Balaban J connectivity index is 1.52. The molecule has 0 saturated carbocycles. The topological polar surface area (TPSA) is 93.5 Å². The van der Waals surface area contributed by atoms with Crippen LogP contribution >= 0.6 is 0 Å². The van der Waals surface area contributed by atoms with Crippen molar-refractivity contribution >= 4 is 17.6 Å². The van der Waals surface area contributed by atoms with Crippen molar-refractivity contribution in [1.29, 1.82) is 0 Å². The van der Waals surface area contributed by atoms with E-state index in [-0.39, 0.29) is 18.1 Å². The molecule has 7 nitrogen and oxygen atoms in total. The molecule has 0 aliphatic carbocycles. The van der Waals surface area contributed by atoms with Crippen LogP contribution in [0.4, 0.5) is 5.69 Å². The minimum atomic E-state index is -1.06. The minimum Gasteiger partial charge on any atom is -0.477 e. The van der Waals surface area contributed by atoms with Crippen molar-refractivity contribution in [1.82, 2.24) is 9.78 Å². The van der Waals surface area contributed by atoms with E-state index in [1.165, 1.54) is 10.8 Å². The molecule has 0 atom stereocenters. The van der Waals surface area contributed by atoms with Crippen molar-refractivity contribution in [2.75, 3.05) is 5.32 Å². The lowest BCUT2D eigenvalue weighted by Crippen LogP contribution is -2.11. The number of carboxylic acid groups (broad SMARTS) is 1. The largest absolute Gasteiger partial charge is 0.477 e. The van der Waals surface area contributed by atoms with Crippen LogP contribution in [0.25, 0.3) is 11.3 Å². The van der Waals surface area contributed by atoms with Gasteiger partial charge in [-0.05, 0) is 66.2 Å². The molecule has 3 aromatic carbocycles. The predicted octanol–water partition coefficient (Wildman–Crippen LogP) is 5.21. The molecule has 1 amide bonds. The molecular weight excluding hydrogens is 418 g/mol. The van der Waals surface area contributed by atoms with Crippen molar-refractivity contribution in [3.63, 3.8) is 0 Å². The summed E-state index contributed by atoms with van der Waals surface area (Å²) < 4.78 is 7.25. The Hall–Kier alpha value is -4.65. The summed E-state index contributed by atoms with van der Waals surface area (Å²) in [5.41, 5.74) is 2.88. The standard InChI is InChI=1S/C26H21N3O4/c1-2-25(30)27-20-12-8-18(9-13-20)17-29-24(26(31)32)16-23(28-29)19-10-14-22(15-11-19)33-21-6-4-3-5-7-21/h2-16H,1,17H2,(H,27,30)(H,31,32). The normalized spacial score (nSPS) is 10.4. The molecule has 0 unspecified atom stereocenters. The Kier molecular flexibility index (Phi) is 6.31. The number of anilines is 1. The van der Waals surface area contributed by atoms with Crippen molar-refractivity contribution < 1.29 is 19.4 Å². The summed E-state index contributed by atoms with van der Waals surface area (Å²) in [6, 6.07) is 25.4. The van der Waals surface area contributed by atoms with Gasteiger partial charge >= 0.3 is 5.97 Å². The molecule has 0 radical (unpaired) electrons. The van der Waals surface area contributed by atoms with E-state index in [4.69, 9.17) is 4.74 Å². The van der Waals surface area contributed by atoms with Crippen LogP contribution in [0.15, 0.2) is 97.6 Å². The predicted molar refractivity (Wildman–Crippen MR) is 126 cm³/mol. The number of nitrogens with zero attached hydrogens (tertiary/aromatic N) is 2. The Morgan fingerprint density at radius 3 is 2.27 bits per heavy atom. The monoisotopic (exact) mass is 439 g/mol. The van der Waals surface area contributed by atoms with E-state index in [1.807, 2.05) is 54.6 Å². The summed E-state index contributed by atoms with van der Waals surface area (Å²) in [4.78, 5) is 23.2. The molecule has 0 aliphatic heterocycles. The zero-order chi connectivity index (χ0) is 23.2. The van der Waals surface area contributed by atoms with E-state index in [1.54, 1.807) is 30.3 Å². The van der Waals surface area contributed by atoms with Gasteiger partial charge in [0.15, 0.2) is 0 Å². The molecule has 0 spiro atoms. The number of ether oxygens (including phenoxy) is 1. The highest BCUT2D eigenvalue weighted by Gasteiger charge is 2.16. The number of hydrogen-bond donors (Lipinski definition) is 2. The lowest BCUT2D eigenvalue weighted by atomic mass is 10.1. The first kappa shape index (κ1) is 21.6. The number of nitrogens with one attached hydrogen (secondary N) is 1. The highest BCUT2D eigenvalue weighted by molar-refractivity contribution is 5.98. The molecule has 4 rings (SSSR count). The van der Waals surface area contributed by atoms with Crippen LogP contribution in [0.2, 0.25) is 0 Å². The first-order valence-corrected chi connectivity index (χ1v) is 10.2. The highest BCUT2D eigenvalue weighted by atomic mass is 16.5. The summed E-state index contributed by atoms with van der Waals surface area (Å²) >= 11 is 0. The zero-order valence-electron chi connectivity index (χ0n) is 17.6. The van der Waals surface area contributed by atoms with Gasteiger partial charge in [-0.2, -0.15) is 5.10 Å². The van der Waals surface area contributed by atoms with Crippen LogP contribution < -0.4 is 10.1 Å². The lowest BCUT2D eigenvalue weighted by Gasteiger charge is -2.07. The fourth-order valence-corrected chi connectivity index (χ4v) is 3.23. The molecule has 7 heteroatoms. The van der Waals surface area contributed by atoms with Gasteiger partial charge in [0.05, 0.1) is 12.2 Å². The average Bonchev–Trinajstić information content (AvgIpc) is 3.25. The number of amides is 1. The molecule has 0 saturated heterocycles. The second kappa shape index (κ2) is 9.65. The van der Waals surface area contributed by atoms with Gasteiger partial charge in [0.25, 0.3) is 0 Å². The van der Waals surface area contributed by atoms with Crippen molar-refractivity contribution in [3.05, 3.63) is 109 Å². The molecule has 1 aromatic heterocycles. The summed E-state index contributed by atoms with van der Waals surface area (Å²) in [7, 11) is 0. The summed E-state index contributed by atoms with van der Waals surface area (Å²) in [6.07, 6.45) is 1.19. The van der Waals surface area contributed by atoms with Crippen molar-refractivity contribution in [2.45, 2.75) is 6.54 Å². The number of aromatic nitrogens is 2. The van der Waals surface area contributed by atoms with E-state index in [0.717, 1.165) is 16.9 Å². The highest BCUT2D eigenvalue weighted by Crippen LogP contribution is 2.26. The van der Waals surface area contributed by atoms with Gasteiger partial charge in [-0.25, -0.2) is 4.79 Å². The van der Waals surface area contributed by atoms with E-state index < -0.39 is 5.97 Å². The average molecular weight is 439 g/mol. The van der Waals surface area contributed by atoms with Gasteiger partial charge in [-0.3, -0.25) is 9.48 Å². The fraction of sp³-hybridized carbons (Fsp3) is 0.0385. The van der Waals surface area contributed by atoms with Gasteiger partial charge in [0.1, 0.15) is 17.2 Å². The molecule has 0 fully saturated rings. The quantitative estimate of drug-likeness (QED) is 0.368.